The predicted molar refractivity (Wildman–Crippen MR) is 52.2 cm³/mol. The molecule has 2 rings (SSSR count). The van der Waals surface area contributed by atoms with Crippen molar-refractivity contribution in [2.75, 3.05) is 0 Å². The number of pyridine rings is 2. The van der Waals surface area contributed by atoms with Gasteiger partial charge < -0.3 is 0 Å². The van der Waals surface area contributed by atoms with Crippen LogP contribution in [-0.4, -0.2) is 9.97 Å². The molecule has 2 aromatic rings. The van der Waals surface area contributed by atoms with Crippen LogP contribution in [0.4, 0.5) is 4.39 Å². The molecular formula is C11H9FN2. The first-order valence-electron chi connectivity index (χ1n) is 4.31. The molecule has 0 amide bonds. The number of rotatable bonds is 1. The van der Waals surface area contributed by atoms with Crippen LogP contribution in [0.3, 0.4) is 0 Å². The van der Waals surface area contributed by atoms with Gasteiger partial charge in [-0.2, -0.15) is 4.39 Å². The second-order valence-electron chi connectivity index (χ2n) is 3.00. The molecule has 0 spiro atoms. The number of halogens is 1. The van der Waals surface area contributed by atoms with Gasteiger partial charge in [0, 0.05) is 29.7 Å². The first kappa shape index (κ1) is 8.81. The molecule has 2 aromatic heterocycles. The second-order valence-corrected chi connectivity index (χ2v) is 3.00. The molecule has 0 N–H and O–H groups in total. The average molecular weight is 188 g/mol. The minimum absolute atomic E-state index is 0.467. The van der Waals surface area contributed by atoms with Crippen LogP contribution in [0.2, 0.25) is 0 Å². The van der Waals surface area contributed by atoms with Crippen LogP contribution >= 0.6 is 0 Å². The van der Waals surface area contributed by atoms with E-state index in [0.29, 0.717) is 0 Å². The summed E-state index contributed by atoms with van der Waals surface area (Å²) in [5.41, 5.74) is 2.63. The molecule has 0 aromatic carbocycles. The normalized spacial score (nSPS) is 10.1. The molecule has 0 radical (unpaired) electrons. The van der Waals surface area contributed by atoms with Gasteiger partial charge in [-0.25, -0.2) is 4.98 Å². The average Bonchev–Trinajstić information content (AvgIpc) is 2.18. The molecule has 3 heteroatoms. The van der Waals surface area contributed by atoms with Crippen molar-refractivity contribution in [2.24, 2.45) is 0 Å². The van der Waals surface area contributed by atoms with Gasteiger partial charge in [0.1, 0.15) is 0 Å². The van der Waals surface area contributed by atoms with E-state index in [9.17, 15) is 4.39 Å². The topological polar surface area (TPSA) is 25.8 Å². The van der Waals surface area contributed by atoms with E-state index in [4.69, 9.17) is 0 Å². The molecule has 0 aliphatic heterocycles. The van der Waals surface area contributed by atoms with Crippen LogP contribution in [0, 0.1) is 12.9 Å². The highest BCUT2D eigenvalue weighted by molar-refractivity contribution is 5.64. The summed E-state index contributed by atoms with van der Waals surface area (Å²) >= 11 is 0. The lowest BCUT2D eigenvalue weighted by atomic mass is 10.1. The number of hydrogen-bond donors (Lipinski definition) is 0. The zero-order chi connectivity index (χ0) is 9.97. The predicted octanol–water partition coefficient (Wildman–Crippen LogP) is 2.59. The van der Waals surface area contributed by atoms with Crippen LogP contribution in [0.25, 0.3) is 11.1 Å². The monoisotopic (exact) mass is 188 g/mol. The Balaban J connectivity index is 2.55. The van der Waals surface area contributed by atoms with Crippen molar-refractivity contribution in [3.05, 3.63) is 48.3 Å². The van der Waals surface area contributed by atoms with E-state index < -0.39 is 5.95 Å². The highest BCUT2D eigenvalue weighted by Gasteiger charge is 2.02. The van der Waals surface area contributed by atoms with Gasteiger partial charge in [0.15, 0.2) is 0 Å². The van der Waals surface area contributed by atoms with Gasteiger partial charge in [0.25, 0.3) is 0 Å². The van der Waals surface area contributed by atoms with Gasteiger partial charge >= 0.3 is 0 Å². The number of hydrogen-bond acceptors (Lipinski definition) is 2. The molecule has 0 unspecified atom stereocenters. The summed E-state index contributed by atoms with van der Waals surface area (Å²) in [4.78, 5) is 7.65. The molecule has 0 fully saturated rings. The van der Waals surface area contributed by atoms with Crippen LogP contribution in [0.15, 0.2) is 36.7 Å². The third kappa shape index (κ3) is 1.62. The maximum absolute atomic E-state index is 12.9. The van der Waals surface area contributed by atoms with Gasteiger partial charge in [-0.15, -0.1) is 0 Å². The van der Waals surface area contributed by atoms with E-state index in [1.165, 1.54) is 12.3 Å². The van der Waals surface area contributed by atoms with Crippen molar-refractivity contribution in [3.63, 3.8) is 0 Å². The molecule has 2 nitrogen and oxygen atoms in total. The molecule has 0 saturated carbocycles. The van der Waals surface area contributed by atoms with Crippen molar-refractivity contribution < 1.29 is 4.39 Å². The van der Waals surface area contributed by atoms with E-state index >= 15 is 0 Å². The van der Waals surface area contributed by atoms with Crippen LogP contribution in [-0.2, 0) is 0 Å². The van der Waals surface area contributed by atoms with Crippen LogP contribution in [0.5, 0.6) is 0 Å². The van der Waals surface area contributed by atoms with Gasteiger partial charge in [-0.05, 0) is 24.6 Å². The maximum Gasteiger partial charge on any atom is 0.213 e. The van der Waals surface area contributed by atoms with Crippen molar-refractivity contribution in [3.8, 4) is 11.1 Å². The quantitative estimate of drug-likeness (QED) is 0.643. The molecule has 0 bridgehead atoms. The summed E-state index contributed by atoms with van der Waals surface area (Å²) in [5.74, 6) is -0.467. The Bertz CT molecular complexity index is 455. The van der Waals surface area contributed by atoms with Crippen molar-refractivity contribution in [1.82, 2.24) is 9.97 Å². The summed E-state index contributed by atoms with van der Waals surface area (Å²) in [5, 5.41) is 0. The lowest BCUT2D eigenvalue weighted by Crippen LogP contribution is -1.88. The lowest BCUT2D eigenvalue weighted by Gasteiger charge is -2.03. The molecule has 14 heavy (non-hydrogen) atoms. The van der Waals surface area contributed by atoms with Crippen molar-refractivity contribution in [2.45, 2.75) is 6.92 Å². The zero-order valence-electron chi connectivity index (χ0n) is 7.74. The summed E-state index contributed by atoms with van der Waals surface area (Å²) < 4.78 is 12.9. The first-order chi connectivity index (χ1) is 6.77. The van der Waals surface area contributed by atoms with E-state index in [0.717, 1.165) is 16.8 Å². The standard InChI is InChI=1S/C11H9FN2/c1-8-10(3-2-5-13-8)9-4-6-14-11(12)7-9/h2-7H,1H3. The Hall–Kier alpha value is -1.77. The minimum atomic E-state index is -0.467. The molecule has 0 aliphatic carbocycles. The van der Waals surface area contributed by atoms with Crippen molar-refractivity contribution in [1.29, 1.82) is 0 Å². The molecule has 0 aliphatic rings. The molecule has 0 saturated heterocycles. The summed E-state index contributed by atoms with van der Waals surface area (Å²) in [6.07, 6.45) is 3.17. The number of nitrogens with zero attached hydrogens (tertiary/aromatic N) is 2. The fourth-order valence-corrected chi connectivity index (χ4v) is 1.36. The third-order valence-electron chi connectivity index (χ3n) is 2.04. The van der Waals surface area contributed by atoms with Gasteiger partial charge in [0.05, 0.1) is 0 Å². The Morgan fingerprint density at radius 3 is 2.71 bits per heavy atom. The van der Waals surface area contributed by atoms with Crippen LogP contribution < -0.4 is 0 Å². The SMILES string of the molecule is Cc1ncccc1-c1ccnc(F)c1. The number of aromatic nitrogens is 2. The van der Waals surface area contributed by atoms with E-state index in [1.807, 2.05) is 19.1 Å². The first-order valence-corrected chi connectivity index (χ1v) is 4.31. The Morgan fingerprint density at radius 1 is 1.14 bits per heavy atom. The van der Waals surface area contributed by atoms with E-state index in [-0.39, 0.29) is 0 Å². The Kier molecular flexibility index (Phi) is 2.23. The number of aryl methyl sites for hydroxylation is 1. The van der Waals surface area contributed by atoms with E-state index in [2.05, 4.69) is 9.97 Å². The molecule has 0 atom stereocenters. The third-order valence-corrected chi connectivity index (χ3v) is 2.04. The Morgan fingerprint density at radius 2 is 2.00 bits per heavy atom. The summed E-state index contributed by atoms with van der Waals surface area (Å²) in [6.45, 7) is 1.90. The zero-order valence-corrected chi connectivity index (χ0v) is 7.74. The van der Waals surface area contributed by atoms with Crippen LogP contribution in [0.1, 0.15) is 5.69 Å². The fourth-order valence-electron chi connectivity index (χ4n) is 1.36. The molecule has 2 heterocycles. The minimum Gasteiger partial charge on any atom is -0.261 e. The highest BCUT2D eigenvalue weighted by atomic mass is 19.1. The van der Waals surface area contributed by atoms with Gasteiger partial charge in [0.2, 0.25) is 5.95 Å². The fraction of sp³-hybridized carbons (Fsp3) is 0.0909. The van der Waals surface area contributed by atoms with Crippen molar-refractivity contribution >= 4 is 0 Å². The molecular weight excluding hydrogens is 179 g/mol. The molecule has 70 valence electrons. The smallest absolute Gasteiger partial charge is 0.213 e. The van der Waals surface area contributed by atoms with Gasteiger partial charge in [-0.1, -0.05) is 6.07 Å². The van der Waals surface area contributed by atoms with Gasteiger partial charge in [-0.3, -0.25) is 4.98 Å². The maximum atomic E-state index is 12.9. The second kappa shape index (κ2) is 3.54. The Labute approximate surface area is 81.5 Å². The lowest BCUT2D eigenvalue weighted by molar-refractivity contribution is 0.584. The largest absolute Gasteiger partial charge is 0.261 e. The van der Waals surface area contributed by atoms with E-state index in [1.54, 1.807) is 12.3 Å². The summed E-state index contributed by atoms with van der Waals surface area (Å²) in [6, 6.07) is 6.93. The summed E-state index contributed by atoms with van der Waals surface area (Å²) in [7, 11) is 0. The highest BCUT2D eigenvalue weighted by Crippen LogP contribution is 2.20.